The van der Waals surface area contributed by atoms with Crippen LogP contribution in [0.4, 0.5) is 4.39 Å². The van der Waals surface area contributed by atoms with Gasteiger partial charge in [-0.1, -0.05) is 0 Å². The number of rotatable bonds is 5. The van der Waals surface area contributed by atoms with E-state index < -0.39 is 46.3 Å². The lowest BCUT2D eigenvalue weighted by atomic mass is 9.75. The van der Waals surface area contributed by atoms with Gasteiger partial charge < -0.3 is 26.2 Å². The van der Waals surface area contributed by atoms with E-state index in [2.05, 4.69) is 0 Å². The number of likely N-dealkylation sites (tertiary alicyclic amines) is 1. The minimum Gasteiger partial charge on any atom is -0.388 e. The molecule has 2 aliphatic heterocycles. The number of halogens is 1. The van der Waals surface area contributed by atoms with Crippen molar-refractivity contribution >= 4 is 11.8 Å². The summed E-state index contributed by atoms with van der Waals surface area (Å²) < 4.78 is 20.7. The second kappa shape index (κ2) is 8.52. The molecular weight excluding hydrogens is 413 g/mol. The van der Waals surface area contributed by atoms with Crippen LogP contribution in [0, 0.1) is 5.82 Å². The first-order chi connectivity index (χ1) is 14.4. The summed E-state index contributed by atoms with van der Waals surface area (Å²) in [6.07, 6.45) is 2.03. The molecule has 0 unspecified atom stereocenters. The number of nitrogens with zero attached hydrogens (tertiary/aromatic N) is 2. The summed E-state index contributed by atoms with van der Waals surface area (Å²) in [7, 11) is 0. The first-order valence-electron chi connectivity index (χ1n) is 10.1. The quantitative estimate of drug-likeness (QED) is 0.423. The van der Waals surface area contributed by atoms with Gasteiger partial charge in [0, 0.05) is 25.9 Å². The van der Waals surface area contributed by atoms with Gasteiger partial charge in [-0.2, -0.15) is 4.39 Å². The summed E-state index contributed by atoms with van der Waals surface area (Å²) in [5.41, 5.74) is 6.88. The van der Waals surface area contributed by atoms with Crippen molar-refractivity contribution in [2.45, 2.75) is 62.3 Å². The van der Waals surface area contributed by atoms with E-state index >= 15 is 0 Å². The average molecular weight is 441 g/mol. The maximum absolute atomic E-state index is 13.7. The topological polar surface area (TPSA) is 174 Å². The van der Waals surface area contributed by atoms with Gasteiger partial charge in [0.2, 0.25) is 17.6 Å². The van der Waals surface area contributed by atoms with Crippen molar-refractivity contribution in [3.05, 3.63) is 32.9 Å². The molecule has 2 aliphatic rings. The number of ether oxygens (including phenoxy) is 1. The fourth-order valence-corrected chi connectivity index (χ4v) is 4.44. The molecule has 0 aromatic carbocycles. The number of nitrogens with one attached hydrogen (secondary N) is 1. The Labute approximate surface area is 177 Å². The zero-order valence-electron chi connectivity index (χ0n) is 17.3. The highest BCUT2D eigenvalue weighted by atomic mass is 19.1. The summed E-state index contributed by atoms with van der Waals surface area (Å²) in [4.78, 5) is 50.3. The molecule has 1 aromatic rings. The van der Waals surface area contributed by atoms with Gasteiger partial charge in [0.25, 0.3) is 5.56 Å². The van der Waals surface area contributed by atoms with Crippen molar-refractivity contribution < 1.29 is 23.8 Å². The Kier molecular flexibility index (Phi) is 6.35. The van der Waals surface area contributed by atoms with Crippen LogP contribution >= 0.6 is 0 Å². The van der Waals surface area contributed by atoms with Crippen LogP contribution in [0.5, 0.6) is 0 Å². The SMILES string of the molecule is C[C@]1(O)CC2(CCN(C(=O)[C@@H](N)CCC(N)=O)CC2)OC[C@@H]1n1cc(F)c(=O)[nH]c1=O. The van der Waals surface area contributed by atoms with Crippen LogP contribution in [0.1, 0.15) is 45.1 Å². The molecule has 11 nitrogen and oxygen atoms in total. The van der Waals surface area contributed by atoms with Gasteiger partial charge in [-0.15, -0.1) is 0 Å². The summed E-state index contributed by atoms with van der Waals surface area (Å²) in [6.45, 7) is 2.19. The number of aromatic nitrogens is 2. The Morgan fingerprint density at radius 2 is 2.03 bits per heavy atom. The lowest BCUT2D eigenvalue weighted by molar-refractivity contribution is -0.198. The molecular formula is C19H28FN5O6. The predicted octanol–water partition coefficient (Wildman–Crippen LogP) is -1.66. The smallest absolute Gasteiger partial charge is 0.328 e. The summed E-state index contributed by atoms with van der Waals surface area (Å²) in [5.74, 6) is -1.92. The van der Waals surface area contributed by atoms with Gasteiger partial charge in [0.05, 0.1) is 36.1 Å². The van der Waals surface area contributed by atoms with Gasteiger partial charge in [0.15, 0.2) is 0 Å². The van der Waals surface area contributed by atoms with E-state index in [1.165, 1.54) is 6.92 Å². The van der Waals surface area contributed by atoms with Crippen molar-refractivity contribution in [2.24, 2.45) is 11.5 Å². The highest BCUT2D eigenvalue weighted by molar-refractivity contribution is 5.82. The number of hydrogen-bond acceptors (Lipinski definition) is 7. The molecule has 3 heterocycles. The van der Waals surface area contributed by atoms with E-state index in [0.29, 0.717) is 25.9 Å². The van der Waals surface area contributed by atoms with E-state index in [1.807, 2.05) is 4.98 Å². The van der Waals surface area contributed by atoms with Gasteiger partial charge in [-0.25, -0.2) is 4.79 Å². The monoisotopic (exact) mass is 441 g/mol. The number of carbonyl (C=O) groups excluding carboxylic acids is 2. The van der Waals surface area contributed by atoms with Crippen LogP contribution in [-0.4, -0.2) is 68.3 Å². The third kappa shape index (κ3) is 4.86. The summed E-state index contributed by atoms with van der Waals surface area (Å²) in [5, 5.41) is 11.1. The van der Waals surface area contributed by atoms with E-state index in [0.717, 1.165) is 10.8 Å². The second-order valence-electron chi connectivity index (χ2n) is 8.62. The highest BCUT2D eigenvalue weighted by Crippen LogP contribution is 2.43. The molecule has 2 fully saturated rings. The van der Waals surface area contributed by atoms with Crippen LogP contribution < -0.4 is 22.7 Å². The molecule has 3 rings (SSSR count). The van der Waals surface area contributed by atoms with Gasteiger partial charge in [-0.3, -0.25) is 23.9 Å². The molecule has 1 spiro atoms. The van der Waals surface area contributed by atoms with Crippen molar-refractivity contribution in [3.8, 4) is 0 Å². The predicted molar refractivity (Wildman–Crippen MR) is 106 cm³/mol. The van der Waals surface area contributed by atoms with Gasteiger partial charge in [0.1, 0.15) is 0 Å². The van der Waals surface area contributed by atoms with Crippen molar-refractivity contribution in [3.63, 3.8) is 0 Å². The number of aliphatic hydroxyl groups is 1. The average Bonchev–Trinajstić information content (AvgIpc) is 2.69. The minimum absolute atomic E-state index is 0.0305. The van der Waals surface area contributed by atoms with E-state index in [-0.39, 0.29) is 31.8 Å². The fraction of sp³-hybridized carbons (Fsp3) is 0.684. The molecule has 0 aliphatic carbocycles. The summed E-state index contributed by atoms with van der Waals surface area (Å²) >= 11 is 0. The molecule has 1 aromatic heterocycles. The van der Waals surface area contributed by atoms with Gasteiger partial charge >= 0.3 is 5.69 Å². The molecule has 31 heavy (non-hydrogen) atoms. The van der Waals surface area contributed by atoms with E-state index in [1.54, 1.807) is 4.90 Å². The largest absolute Gasteiger partial charge is 0.388 e. The number of hydrogen-bond donors (Lipinski definition) is 4. The first-order valence-corrected chi connectivity index (χ1v) is 10.1. The molecule has 2 saturated heterocycles. The molecule has 6 N–H and O–H groups in total. The zero-order valence-corrected chi connectivity index (χ0v) is 17.3. The second-order valence-corrected chi connectivity index (χ2v) is 8.62. The summed E-state index contributed by atoms with van der Waals surface area (Å²) in [6, 6.07) is -1.71. The zero-order chi connectivity index (χ0) is 23.0. The number of H-pyrrole nitrogens is 1. The van der Waals surface area contributed by atoms with E-state index in [9.17, 15) is 28.7 Å². The Bertz CT molecular complexity index is 965. The normalized spacial score (nSPS) is 26.6. The van der Waals surface area contributed by atoms with Crippen molar-refractivity contribution in [1.29, 1.82) is 0 Å². The molecule has 0 radical (unpaired) electrons. The maximum atomic E-state index is 13.7. The highest BCUT2D eigenvalue weighted by Gasteiger charge is 2.50. The Morgan fingerprint density at radius 3 is 2.61 bits per heavy atom. The third-order valence-electron chi connectivity index (χ3n) is 6.21. The molecule has 2 amide bonds. The molecule has 12 heteroatoms. The van der Waals surface area contributed by atoms with Crippen LogP contribution in [-0.2, 0) is 14.3 Å². The number of amides is 2. The van der Waals surface area contributed by atoms with Gasteiger partial charge in [-0.05, 0) is 26.2 Å². The van der Waals surface area contributed by atoms with Crippen LogP contribution in [0.25, 0.3) is 0 Å². The minimum atomic E-state index is -1.42. The standard InChI is InChI=1S/C19H28FN5O6/c1-18(30)10-19(31-9-13(18)25-8-11(20)15(27)23-17(25)29)4-6-24(7-5-19)16(28)12(21)2-3-14(22)26/h8,12-13,30H,2-7,9-10,21H2,1H3,(H2,22,26)(H,23,27,29)/t12-,13-,18-/m0/s1. The Hall–Kier alpha value is -2.57. The number of carbonyl (C=O) groups is 2. The van der Waals surface area contributed by atoms with E-state index in [4.69, 9.17) is 16.2 Å². The Morgan fingerprint density at radius 1 is 1.39 bits per heavy atom. The number of primary amides is 1. The fourth-order valence-electron chi connectivity index (χ4n) is 4.44. The van der Waals surface area contributed by atoms with Crippen LogP contribution in [0.15, 0.2) is 15.8 Å². The first kappa shape index (κ1) is 23.1. The molecule has 0 saturated carbocycles. The third-order valence-corrected chi connectivity index (χ3v) is 6.21. The Balaban J connectivity index is 1.66. The lowest BCUT2D eigenvalue weighted by Crippen LogP contribution is -2.60. The van der Waals surface area contributed by atoms with Crippen LogP contribution in [0.3, 0.4) is 0 Å². The van der Waals surface area contributed by atoms with Crippen molar-refractivity contribution in [2.75, 3.05) is 19.7 Å². The van der Waals surface area contributed by atoms with Crippen molar-refractivity contribution in [1.82, 2.24) is 14.5 Å². The molecule has 0 bridgehead atoms. The number of piperidine rings is 1. The number of aromatic amines is 1. The molecule has 3 atom stereocenters. The molecule has 172 valence electrons. The maximum Gasteiger partial charge on any atom is 0.328 e. The number of nitrogens with two attached hydrogens (primary N) is 2. The lowest BCUT2D eigenvalue weighted by Gasteiger charge is -2.51. The van der Waals surface area contributed by atoms with Crippen LogP contribution in [0.2, 0.25) is 0 Å².